The number of nitrogens with one attached hydrogen (secondary N) is 1. The van der Waals surface area contributed by atoms with Gasteiger partial charge in [-0.2, -0.15) is 0 Å². The Kier molecular flexibility index (Phi) is 3.27. The van der Waals surface area contributed by atoms with Gasteiger partial charge in [-0.1, -0.05) is 19.1 Å². The van der Waals surface area contributed by atoms with E-state index < -0.39 is 0 Å². The van der Waals surface area contributed by atoms with E-state index >= 15 is 0 Å². The Balaban J connectivity index is 1.66. The van der Waals surface area contributed by atoms with Gasteiger partial charge in [-0.25, -0.2) is 0 Å². The SMILES string of the molecule is CC1CC1CNC(CN)c1ccc2c(c1)CCO2. The van der Waals surface area contributed by atoms with Crippen LogP contribution in [0, 0.1) is 11.8 Å². The van der Waals surface area contributed by atoms with Crippen LogP contribution in [0.3, 0.4) is 0 Å². The first-order valence-electron chi connectivity index (χ1n) is 6.97. The summed E-state index contributed by atoms with van der Waals surface area (Å²) in [4.78, 5) is 0. The summed E-state index contributed by atoms with van der Waals surface area (Å²) in [6.45, 7) is 4.88. The Hall–Kier alpha value is -1.06. The highest BCUT2D eigenvalue weighted by Gasteiger charge is 2.32. The number of hydrogen-bond acceptors (Lipinski definition) is 3. The lowest BCUT2D eigenvalue weighted by Gasteiger charge is -2.18. The van der Waals surface area contributed by atoms with E-state index in [0.29, 0.717) is 6.54 Å². The van der Waals surface area contributed by atoms with E-state index in [2.05, 4.69) is 30.4 Å². The minimum Gasteiger partial charge on any atom is -0.493 e. The first-order chi connectivity index (χ1) is 8.78. The molecule has 1 saturated carbocycles. The highest BCUT2D eigenvalue weighted by atomic mass is 16.5. The molecule has 3 unspecified atom stereocenters. The molecular formula is C15H22N2O. The van der Waals surface area contributed by atoms with Gasteiger partial charge >= 0.3 is 0 Å². The lowest BCUT2D eigenvalue weighted by molar-refractivity contribution is 0.356. The number of hydrogen-bond donors (Lipinski definition) is 2. The van der Waals surface area contributed by atoms with E-state index in [1.165, 1.54) is 17.5 Å². The summed E-state index contributed by atoms with van der Waals surface area (Å²) in [5, 5.41) is 3.60. The molecule has 0 spiro atoms. The van der Waals surface area contributed by atoms with Gasteiger partial charge in [0.2, 0.25) is 0 Å². The molecule has 1 aliphatic heterocycles. The zero-order valence-electron chi connectivity index (χ0n) is 11.0. The second-order valence-corrected chi connectivity index (χ2v) is 5.64. The summed E-state index contributed by atoms with van der Waals surface area (Å²) in [6.07, 6.45) is 2.39. The molecule has 1 aliphatic carbocycles. The van der Waals surface area contributed by atoms with E-state index in [4.69, 9.17) is 10.5 Å². The maximum Gasteiger partial charge on any atom is 0.122 e. The number of benzene rings is 1. The van der Waals surface area contributed by atoms with Gasteiger partial charge in [-0.05, 0) is 42.0 Å². The minimum absolute atomic E-state index is 0.281. The fraction of sp³-hybridized carbons (Fsp3) is 0.600. The van der Waals surface area contributed by atoms with Crippen molar-refractivity contribution < 1.29 is 4.74 Å². The van der Waals surface area contributed by atoms with Crippen molar-refractivity contribution in [3.05, 3.63) is 29.3 Å². The molecule has 3 rings (SSSR count). The van der Waals surface area contributed by atoms with Crippen molar-refractivity contribution in [1.29, 1.82) is 0 Å². The van der Waals surface area contributed by atoms with E-state index in [9.17, 15) is 0 Å². The van der Waals surface area contributed by atoms with E-state index in [1.54, 1.807) is 0 Å². The molecule has 3 N–H and O–H groups in total. The molecule has 0 aromatic heterocycles. The maximum absolute atomic E-state index is 5.90. The molecule has 0 radical (unpaired) electrons. The first-order valence-corrected chi connectivity index (χ1v) is 6.97. The summed E-state index contributed by atoms with van der Waals surface area (Å²) in [7, 11) is 0. The second kappa shape index (κ2) is 4.90. The largest absolute Gasteiger partial charge is 0.493 e. The Bertz CT molecular complexity index is 433. The van der Waals surface area contributed by atoms with E-state index in [0.717, 1.165) is 37.2 Å². The topological polar surface area (TPSA) is 47.3 Å². The van der Waals surface area contributed by atoms with Gasteiger partial charge in [0.05, 0.1) is 6.61 Å². The average molecular weight is 246 g/mol. The number of nitrogens with two attached hydrogens (primary N) is 1. The predicted octanol–water partition coefficient (Wildman–Crippen LogP) is 1.87. The standard InChI is InChI=1S/C15H22N2O/c1-10-6-13(10)9-17-14(8-16)11-2-3-15-12(7-11)4-5-18-15/h2-3,7,10,13-14,17H,4-6,8-9,16H2,1H3. The normalized spacial score (nSPS) is 26.6. The van der Waals surface area contributed by atoms with Gasteiger partial charge in [0.25, 0.3) is 0 Å². The quantitative estimate of drug-likeness (QED) is 0.833. The van der Waals surface area contributed by atoms with Gasteiger partial charge in [-0.3, -0.25) is 0 Å². The van der Waals surface area contributed by atoms with Crippen LogP contribution in [0.25, 0.3) is 0 Å². The molecule has 18 heavy (non-hydrogen) atoms. The third kappa shape index (κ3) is 2.38. The first kappa shape index (κ1) is 12.0. The number of fused-ring (bicyclic) bond motifs is 1. The van der Waals surface area contributed by atoms with Crippen molar-refractivity contribution in [2.75, 3.05) is 19.7 Å². The van der Waals surface area contributed by atoms with Crippen molar-refractivity contribution in [2.45, 2.75) is 25.8 Å². The van der Waals surface area contributed by atoms with Crippen LogP contribution in [0.15, 0.2) is 18.2 Å². The fourth-order valence-corrected chi connectivity index (χ4v) is 2.74. The summed E-state index contributed by atoms with van der Waals surface area (Å²) < 4.78 is 5.54. The van der Waals surface area contributed by atoms with Crippen LogP contribution in [0.2, 0.25) is 0 Å². The van der Waals surface area contributed by atoms with Crippen LogP contribution < -0.4 is 15.8 Å². The zero-order valence-corrected chi connectivity index (χ0v) is 11.0. The van der Waals surface area contributed by atoms with Crippen molar-refractivity contribution in [3.8, 4) is 5.75 Å². The van der Waals surface area contributed by atoms with Crippen LogP contribution in [0.1, 0.15) is 30.5 Å². The van der Waals surface area contributed by atoms with Gasteiger partial charge in [-0.15, -0.1) is 0 Å². The molecule has 1 aromatic carbocycles. The van der Waals surface area contributed by atoms with E-state index in [1.807, 2.05) is 0 Å². The molecule has 1 fully saturated rings. The smallest absolute Gasteiger partial charge is 0.122 e. The average Bonchev–Trinajstić information content (AvgIpc) is 2.91. The van der Waals surface area contributed by atoms with Crippen LogP contribution in [-0.4, -0.2) is 19.7 Å². The zero-order chi connectivity index (χ0) is 12.5. The van der Waals surface area contributed by atoms with E-state index in [-0.39, 0.29) is 6.04 Å². The summed E-state index contributed by atoms with van der Waals surface area (Å²) in [6, 6.07) is 6.76. The van der Waals surface area contributed by atoms with Gasteiger partial charge < -0.3 is 15.8 Å². The molecule has 0 bridgehead atoms. The molecule has 3 atom stereocenters. The Labute approximate surface area is 109 Å². The van der Waals surface area contributed by atoms with Crippen LogP contribution in [0.5, 0.6) is 5.75 Å². The fourth-order valence-electron chi connectivity index (χ4n) is 2.74. The molecule has 1 heterocycles. The Morgan fingerprint density at radius 1 is 1.50 bits per heavy atom. The number of rotatable bonds is 5. The van der Waals surface area contributed by atoms with Crippen molar-refractivity contribution in [3.63, 3.8) is 0 Å². The molecule has 3 heteroatoms. The monoisotopic (exact) mass is 246 g/mol. The van der Waals surface area contributed by atoms with Crippen LogP contribution >= 0.6 is 0 Å². The van der Waals surface area contributed by atoms with Crippen molar-refractivity contribution in [1.82, 2.24) is 5.32 Å². The number of ether oxygens (including phenoxy) is 1. The van der Waals surface area contributed by atoms with Crippen molar-refractivity contribution >= 4 is 0 Å². The molecular weight excluding hydrogens is 224 g/mol. The third-order valence-electron chi connectivity index (χ3n) is 4.25. The highest BCUT2D eigenvalue weighted by Crippen LogP contribution is 2.37. The second-order valence-electron chi connectivity index (χ2n) is 5.64. The summed E-state index contributed by atoms with van der Waals surface area (Å²) in [5.74, 6) is 2.80. The maximum atomic E-state index is 5.90. The Morgan fingerprint density at radius 2 is 2.33 bits per heavy atom. The molecule has 1 aromatic rings. The molecule has 98 valence electrons. The lowest BCUT2D eigenvalue weighted by Crippen LogP contribution is -2.30. The van der Waals surface area contributed by atoms with Gasteiger partial charge in [0.15, 0.2) is 0 Å². The highest BCUT2D eigenvalue weighted by molar-refractivity contribution is 5.40. The molecule has 3 nitrogen and oxygen atoms in total. The van der Waals surface area contributed by atoms with Crippen LogP contribution in [-0.2, 0) is 6.42 Å². The Morgan fingerprint density at radius 3 is 3.06 bits per heavy atom. The van der Waals surface area contributed by atoms with Gasteiger partial charge in [0.1, 0.15) is 5.75 Å². The van der Waals surface area contributed by atoms with Gasteiger partial charge in [0, 0.05) is 19.0 Å². The van der Waals surface area contributed by atoms with Crippen molar-refractivity contribution in [2.24, 2.45) is 17.6 Å². The molecule has 0 saturated heterocycles. The summed E-state index contributed by atoms with van der Waals surface area (Å²) in [5.41, 5.74) is 8.52. The predicted molar refractivity (Wildman–Crippen MR) is 72.7 cm³/mol. The molecule has 0 amide bonds. The molecule has 2 aliphatic rings. The third-order valence-corrected chi connectivity index (χ3v) is 4.25. The lowest BCUT2D eigenvalue weighted by atomic mass is 10.0. The summed E-state index contributed by atoms with van der Waals surface area (Å²) >= 11 is 0. The minimum atomic E-state index is 0.281. The van der Waals surface area contributed by atoms with Crippen LogP contribution in [0.4, 0.5) is 0 Å².